The molecule has 17 heavy (non-hydrogen) atoms. The molecule has 0 fully saturated rings. The van der Waals surface area contributed by atoms with Gasteiger partial charge in [-0.3, -0.25) is 0 Å². The normalized spacial score (nSPS) is 10.8. The summed E-state index contributed by atoms with van der Waals surface area (Å²) in [5.41, 5.74) is 0.219. The average Bonchev–Trinajstić information content (AvgIpc) is 2.97. The first-order valence-electron chi connectivity index (χ1n) is 4.98. The highest BCUT2D eigenvalue weighted by Crippen LogP contribution is 2.05. The molecule has 3 aromatic heterocycles. The number of anilines is 1. The molecule has 86 valence electrons. The highest BCUT2D eigenvalue weighted by Gasteiger charge is 2.02. The first kappa shape index (κ1) is 9.58. The fourth-order valence-corrected chi connectivity index (χ4v) is 1.48. The van der Waals surface area contributed by atoms with E-state index in [1.165, 1.54) is 10.7 Å². The van der Waals surface area contributed by atoms with Gasteiger partial charge in [0.25, 0.3) is 0 Å². The third-order valence-corrected chi connectivity index (χ3v) is 2.30. The second-order valence-corrected chi connectivity index (χ2v) is 3.42. The van der Waals surface area contributed by atoms with Gasteiger partial charge in [0, 0.05) is 18.5 Å². The van der Waals surface area contributed by atoms with Crippen LogP contribution < -0.4 is 11.0 Å². The average molecular weight is 231 g/mol. The predicted molar refractivity (Wildman–Crippen MR) is 59.5 cm³/mol. The smallest absolute Gasteiger partial charge is 0.348 e. The van der Waals surface area contributed by atoms with E-state index in [4.69, 9.17) is 0 Å². The van der Waals surface area contributed by atoms with Crippen LogP contribution in [0.3, 0.4) is 0 Å². The molecule has 0 aliphatic rings. The van der Waals surface area contributed by atoms with Gasteiger partial charge in [-0.2, -0.15) is 5.10 Å². The van der Waals surface area contributed by atoms with Crippen molar-refractivity contribution in [2.45, 2.75) is 6.54 Å². The van der Waals surface area contributed by atoms with Gasteiger partial charge in [-0.05, 0) is 0 Å². The van der Waals surface area contributed by atoms with Crippen LogP contribution in [0.25, 0.3) is 5.65 Å². The van der Waals surface area contributed by atoms with E-state index < -0.39 is 0 Å². The Balaban J connectivity index is 1.83. The zero-order valence-electron chi connectivity index (χ0n) is 8.71. The van der Waals surface area contributed by atoms with E-state index in [1.54, 1.807) is 18.5 Å². The quantitative estimate of drug-likeness (QED) is 0.576. The molecule has 0 unspecified atom stereocenters. The fraction of sp³-hybridized carbons (Fsp3) is 0.111. The number of imidazole rings is 1. The predicted octanol–water partition coefficient (Wildman–Crippen LogP) is -0.247. The van der Waals surface area contributed by atoms with Gasteiger partial charge in [0.05, 0.1) is 6.54 Å². The summed E-state index contributed by atoms with van der Waals surface area (Å²) < 4.78 is 1.33. The summed E-state index contributed by atoms with van der Waals surface area (Å²) in [6.07, 6.45) is 4.85. The molecule has 0 aromatic carbocycles. The summed E-state index contributed by atoms with van der Waals surface area (Å²) in [6.45, 7) is 0.533. The van der Waals surface area contributed by atoms with Crippen molar-refractivity contribution >= 4 is 11.5 Å². The van der Waals surface area contributed by atoms with E-state index >= 15 is 0 Å². The molecule has 0 saturated heterocycles. The molecule has 0 amide bonds. The number of hydrogen-bond acceptors (Lipinski definition) is 5. The topological polar surface area (TPSA) is 104 Å². The molecule has 8 heteroatoms. The van der Waals surface area contributed by atoms with Crippen molar-refractivity contribution in [3.63, 3.8) is 0 Å². The molecule has 0 bridgehead atoms. The number of fused-ring (bicyclic) bond motifs is 1. The maximum Gasteiger partial charge on any atom is 0.348 e. The van der Waals surface area contributed by atoms with Gasteiger partial charge < -0.3 is 10.3 Å². The molecule has 0 atom stereocenters. The summed E-state index contributed by atoms with van der Waals surface area (Å²) in [7, 11) is 0. The molecule has 3 N–H and O–H groups in total. The summed E-state index contributed by atoms with van der Waals surface area (Å²) in [5, 5.41) is 9.26. The number of nitrogens with one attached hydrogen (secondary N) is 3. The van der Waals surface area contributed by atoms with Gasteiger partial charge in [-0.1, -0.05) is 0 Å². The Morgan fingerprint density at radius 1 is 1.41 bits per heavy atom. The zero-order valence-corrected chi connectivity index (χ0v) is 8.71. The van der Waals surface area contributed by atoms with Crippen molar-refractivity contribution in [3.8, 4) is 0 Å². The summed E-state index contributed by atoms with van der Waals surface area (Å²) in [4.78, 5) is 22.3. The minimum absolute atomic E-state index is 0.301. The van der Waals surface area contributed by atoms with Crippen molar-refractivity contribution in [3.05, 3.63) is 41.1 Å². The number of aromatic nitrogens is 6. The highest BCUT2D eigenvalue weighted by molar-refractivity contribution is 5.48. The van der Waals surface area contributed by atoms with Crippen LogP contribution in [0.1, 0.15) is 5.82 Å². The number of nitrogens with zero attached hydrogens (tertiary/aromatic N) is 4. The molecular formula is C9H9N7O. The van der Waals surface area contributed by atoms with Crippen molar-refractivity contribution in [1.82, 2.24) is 29.5 Å². The van der Waals surface area contributed by atoms with Gasteiger partial charge in [0.2, 0.25) is 0 Å². The molecule has 3 rings (SSSR count). The van der Waals surface area contributed by atoms with Crippen LogP contribution in [0, 0.1) is 0 Å². The lowest BCUT2D eigenvalue weighted by Gasteiger charge is -2.02. The molecule has 8 nitrogen and oxygen atoms in total. The lowest BCUT2D eigenvalue weighted by atomic mass is 10.5. The minimum atomic E-state index is -0.301. The Kier molecular flexibility index (Phi) is 2.11. The van der Waals surface area contributed by atoms with E-state index in [2.05, 4.69) is 30.5 Å². The first-order valence-corrected chi connectivity index (χ1v) is 4.98. The van der Waals surface area contributed by atoms with Crippen LogP contribution in [-0.2, 0) is 6.54 Å². The third kappa shape index (κ3) is 1.75. The van der Waals surface area contributed by atoms with Crippen molar-refractivity contribution in [2.75, 3.05) is 5.32 Å². The van der Waals surface area contributed by atoms with Crippen molar-refractivity contribution in [2.24, 2.45) is 0 Å². The number of rotatable bonds is 3. The standard InChI is InChI=1S/C9H9N7O/c17-9-15-14-8-3-6(13-5-16(8)9)12-4-7-10-1-2-11-7/h1-3,5,12H,4H2,(H,10,11)(H,15,17). The Hall–Kier alpha value is -2.64. The monoisotopic (exact) mass is 231 g/mol. The fourth-order valence-electron chi connectivity index (χ4n) is 1.48. The number of H-pyrrole nitrogens is 2. The first-order chi connectivity index (χ1) is 8.33. The number of hydrogen-bond donors (Lipinski definition) is 3. The summed E-state index contributed by atoms with van der Waals surface area (Å²) >= 11 is 0. The lowest BCUT2D eigenvalue weighted by Crippen LogP contribution is -2.10. The molecule has 0 aliphatic carbocycles. The Labute approximate surface area is 94.7 Å². The highest BCUT2D eigenvalue weighted by atomic mass is 16.1. The van der Waals surface area contributed by atoms with E-state index in [9.17, 15) is 4.79 Å². The van der Waals surface area contributed by atoms with Gasteiger partial charge >= 0.3 is 5.69 Å². The van der Waals surface area contributed by atoms with Crippen LogP contribution in [0.2, 0.25) is 0 Å². The van der Waals surface area contributed by atoms with E-state index in [0.29, 0.717) is 18.0 Å². The Morgan fingerprint density at radius 3 is 3.18 bits per heavy atom. The second-order valence-electron chi connectivity index (χ2n) is 3.42. The van der Waals surface area contributed by atoms with E-state index in [0.717, 1.165) is 5.82 Å². The van der Waals surface area contributed by atoms with Gasteiger partial charge in [0.1, 0.15) is 18.0 Å². The third-order valence-electron chi connectivity index (χ3n) is 2.30. The SMILES string of the molecule is O=c1[nH]nc2cc(NCc3ncc[nH]3)ncn12. The zero-order chi connectivity index (χ0) is 11.7. The Morgan fingerprint density at radius 2 is 2.35 bits per heavy atom. The minimum Gasteiger partial charge on any atom is -0.363 e. The summed E-state index contributed by atoms with van der Waals surface area (Å²) in [5.74, 6) is 1.44. The molecule has 0 radical (unpaired) electrons. The lowest BCUT2D eigenvalue weighted by molar-refractivity contribution is 0.966. The maximum atomic E-state index is 11.2. The molecular weight excluding hydrogens is 222 g/mol. The molecule has 0 aliphatic heterocycles. The maximum absolute atomic E-state index is 11.2. The van der Waals surface area contributed by atoms with Gasteiger partial charge in [-0.15, -0.1) is 0 Å². The van der Waals surface area contributed by atoms with Gasteiger partial charge in [0.15, 0.2) is 5.65 Å². The van der Waals surface area contributed by atoms with Crippen molar-refractivity contribution in [1.29, 1.82) is 0 Å². The van der Waals surface area contributed by atoms with Gasteiger partial charge in [-0.25, -0.2) is 24.3 Å². The van der Waals surface area contributed by atoms with Crippen LogP contribution in [0.5, 0.6) is 0 Å². The Bertz CT molecular complexity index is 681. The summed E-state index contributed by atoms with van der Waals surface area (Å²) in [6, 6.07) is 1.68. The van der Waals surface area contributed by atoms with E-state index in [-0.39, 0.29) is 5.69 Å². The van der Waals surface area contributed by atoms with Crippen LogP contribution in [-0.4, -0.2) is 29.5 Å². The van der Waals surface area contributed by atoms with Crippen LogP contribution in [0.15, 0.2) is 29.6 Å². The second kappa shape index (κ2) is 3.74. The molecule has 0 saturated carbocycles. The molecule has 3 heterocycles. The number of aromatic amines is 2. The van der Waals surface area contributed by atoms with Crippen LogP contribution >= 0.6 is 0 Å². The van der Waals surface area contributed by atoms with Crippen LogP contribution in [0.4, 0.5) is 5.82 Å². The largest absolute Gasteiger partial charge is 0.363 e. The van der Waals surface area contributed by atoms with E-state index in [1.807, 2.05) is 0 Å². The molecule has 0 spiro atoms. The van der Waals surface area contributed by atoms with Crippen molar-refractivity contribution < 1.29 is 0 Å². The molecule has 3 aromatic rings.